The lowest BCUT2D eigenvalue weighted by Gasteiger charge is -2.07. The van der Waals surface area contributed by atoms with Crippen LogP contribution in [0, 0.1) is 0 Å². The second-order valence-corrected chi connectivity index (χ2v) is 4.66. The predicted molar refractivity (Wildman–Crippen MR) is 67.7 cm³/mol. The summed E-state index contributed by atoms with van der Waals surface area (Å²) in [7, 11) is 0. The maximum Gasteiger partial charge on any atom is 0.264 e. The molecular formula is C14H16N2O3. The molecule has 1 heterocycles. The van der Waals surface area contributed by atoms with Gasteiger partial charge in [-0.15, -0.1) is 0 Å². The zero-order valence-corrected chi connectivity index (χ0v) is 10.8. The fraction of sp³-hybridized carbons (Fsp3) is 0.429. The Hall–Kier alpha value is -1.88. The van der Waals surface area contributed by atoms with E-state index in [4.69, 9.17) is 9.26 Å². The molecule has 5 nitrogen and oxygen atoms in total. The molecule has 0 unspecified atom stereocenters. The molecule has 1 aromatic carbocycles. The molecule has 1 N–H and O–H groups in total. The van der Waals surface area contributed by atoms with E-state index in [9.17, 15) is 5.11 Å². The first-order chi connectivity index (χ1) is 9.26. The first-order valence-corrected chi connectivity index (χ1v) is 6.51. The first-order valence-electron chi connectivity index (χ1n) is 6.51. The number of fused-ring (bicyclic) bond motifs is 1. The first kappa shape index (κ1) is 12.2. The van der Waals surface area contributed by atoms with Gasteiger partial charge in [-0.25, -0.2) is 0 Å². The van der Waals surface area contributed by atoms with E-state index in [-0.39, 0.29) is 12.7 Å². The molecule has 0 saturated heterocycles. The number of hydrogen-bond acceptors (Lipinski definition) is 5. The minimum absolute atomic E-state index is 0.272. The molecule has 5 heteroatoms. The van der Waals surface area contributed by atoms with Crippen LogP contribution in [0.15, 0.2) is 22.7 Å². The number of aryl methyl sites for hydroxylation is 2. The minimum Gasteiger partial charge on any atom is -0.484 e. The van der Waals surface area contributed by atoms with Crippen LogP contribution in [-0.2, 0) is 19.4 Å². The lowest BCUT2D eigenvalue weighted by Crippen LogP contribution is -1.97. The van der Waals surface area contributed by atoms with Gasteiger partial charge in [0.2, 0.25) is 0 Å². The topological polar surface area (TPSA) is 68.4 Å². The van der Waals surface area contributed by atoms with E-state index in [0.29, 0.717) is 11.7 Å². The van der Waals surface area contributed by atoms with Crippen LogP contribution in [0.1, 0.15) is 42.3 Å². The van der Waals surface area contributed by atoms with Crippen LogP contribution in [-0.4, -0.2) is 15.2 Å². The summed E-state index contributed by atoms with van der Waals surface area (Å²) in [4.78, 5) is 4.19. The lowest BCUT2D eigenvalue weighted by molar-refractivity contribution is 0.180. The zero-order valence-electron chi connectivity index (χ0n) is 10.8. The molecular weight excluding hydrogens is 244 g/mol. The van der Waals surface area contributed by atoms with E-state index in [1.165, 1.54) is 0 Å². The molecule has 100 valence electrons. The Kier molecular flexibility index (Phi) is 3.21. The van der Waals surface area contributed by atoms with Crippen LogP contribution >= 0.6 is 0 Å². The van der Waals surface area contributed by atoms with Crippen LogP contribution in [0.3, 0.4) is 0 Å². The maximum absolute atomic E-state index is 9.74. The predicted octanol–water partition coefficient (Wildman–Crippen LogP) is 2.19. The second-order valence-electron chi connectivity index (χ2n) is 4.66. The second kappa shape index (κ2) is 5.01. The van der Waals surface area contributed by atoms with Gasteiger partial charge in [-0.3, -0.25) is 0 Å². The molecule has 1 aromatic heterocycles. The number of aliphatic hydroxyl groups is 1. The highest BCUT2D eigenvalue weighted by molar-refractivity contribution is 5.39. The largest absolute Gasteiger partial charge is 0.484 e. The van der Waals surface area contributed by atoms with Crippen LogP contribution in [0.25, 0.3) is 0 Å². The summed E-state index contributed by atoms with van der Waals surface area (Å²) >= 11 is 0. The van der Waals surface area contributed by atoms with Crippen LogP contribution in [0.2, 0.25) is 0 Å². The highest BCUT2D eigenvalue weighted by Gasteiger charge is 2.20. The van der Waals surface area contributed by atoms with Crippen molar-refractivity contribution >= 4 is 0 Å². The van der Waals surface area contributed by atoms with Gasteiger partial charge >= 0.3 is 0 Å². The van der Waals surface area contributed by atoms with E-state index < -0.39 is 0 Å². The molecule has 1 atom stereocenters. The van der Waals surface area contributed by atoms with Crippen molar-refractivity contribution in [3.05, 3.63) is 41.0 Å². The van der Waals surface area contributed by atoms with Crippen molar-refractivity contribution in [2.24, 2.45) is 0 Å². The average Bonchev–Trinajstić information content (AvgIpc) is 3.03. The van der Waals surface area contributed by atoms with Gasteiger partial charge in [0.25, 0.3) is 5.89 Å². The Labute approximate surface area is 111 Å². The third-order valence-electron chi connectivity index (χ3n) is 3.35. The summed E-state index contributed by atoms with van der Waals surface area (Å²) in [6, 6.07) is 5.76. The van der Waals surface area contributed by atoms with Crippen molar-refractivity contribution < 1.29 is 14.4 Å². The Bertz CT molecular complexity index is 580. The number of aliphatic hydroxyl groups excluding tert-OH is 1. The molecule has 1 aliphatic carbocycles. The van der Waals surface area contributed by atoms with Gasteiger partial charge in [0, 0.05) is 6.42 Å². The van der Waals surface area contributed by atoms with Crippen molar-refractivity contribution in [1.82, 2.24) is 10.1 Å². The maximum atomic E-state index is 9.74. The number of benzene rings is 1. The van der Waals surface area contributed by atoms with Crippen LogP contribution in [0.5, 0.6) is 5.75 Å². The molecule has 19 heavy (non-hydrogen) atoms. The summed E-state index contributed by atoms with van der Waals surface area (Å²) in [6.45, 7) is 2.25. The highest BCUT2D eigenvalue weighted by Crippen LogP contribution is 2.33. The zero-order chi connectivity index (χ0) is 13.2. The molecule has 0 spiro atoms. The van der Waals surface area contributed by atoms with Crippen molar-refractivity contribution in [1.29, 1.82) is 0 Å². The number of ether oxygens (including phenoxy) is 1. The third kappa shape index (κ3) is 2.46. The molecule has 0 amide bonds. The third-order valence-corrected chi connectivity index (χ3v) is 3.35. The van der Waals surface area contributed by atoms with Gasteiger partial charge in [0.1, 0.15) is 5.75 Å². The Morgan fingerprint density at radius 3 is 3.16 bits per heavy atom. The Morgan fingerprint density at radius 1 is 1.47 bits per heavy atom. The molecule has 1 aliphatic rings. The smallest absolute Gasteiger partial charge is 0.264 e. The molecule has 2 aromatic rings. The van der Waals surface area contributed by atoms with Gasteiger partial charge in [0.05, 0.1) is 6.10 Å². The molecule has 0 bridgehead atoms. The quantitative estimate of drug-likeness (QED) is 0.912. The lowest BCUT2D eigenvalue weighted by atomic mass is 10.1. The van der Waals surface area contributed by atoms with E-state index in [1.54, 1.807) is 0 Å². The Balaban J connectivity index is 1.67. The summed E-state index contributed by atoms with van der Waals surface area (Å²) < 4.78 is 10.7. The molecule has 3 rings (SSSR count). The fourth-order valence-electron chi connectivity index (χ4n) is 2.30. The number of nitrogens with zero attached hydrogens (tertiary/aromatic N) is 2. The van der Waals surface area contributed by atoms with Crippen LogP contribution < -0.4 is 4.74 Å². The number of aromatic nitrogens is 2. The standard InChI is InChI=1S/C14H16N2O3/c1-2-13-15-14(19-16-13)8-18-10-4-5-11-9(7-10)3-6-12(11)17/h4-5,7,12,17H,2-3,6,8H2,1H3/t12-/m0/s1. The fourth-order valence-corrected chi connectivity index (χ4v) is 2.30. The van der Waals surface area contributed by atoms with E-state index in [2.05, 4.69) is 10.1 Å². The summed E-state index contributed by atoms with van der Waals surface area (Å²) in [5.74, 6) is 1.94. The molecule has 0 fully saturated rings. The molecule has 0 aliphatic heterocycles. The molecule has 0 saturated carbocycles. The summed E-state index contributed by atoms with van der Waals surface area (Å²) in [5, 5.41) is 13.6. The van der Waals surface area contributed by atoms with E-state index >= 15 is 0 Å². The van der Waals surface area contributed by atoms with E-state index in [1.807, 2.05) is 25.1 Å². The molecule has 0 radical (unpaired) electrons. The normalized spacial score (nSPS) is 17.5. The van der Waals surface area contributed by atoms with Crippen molar-refractivity contribution in [2.75, 3.05) is 0 Å². The van der Waals surface area contributed by atoms with Gasteiger partial charge in [-0.2, -0.15) is 4.98 Å². The number of hydrogen-bond donors (Lipinski definition) is 1. The van der Waals surface area contributed by atoms with Crippen molar-refractivity contribution in [3.8, 4) is 5.75 Å². The van der Waals surface area contributed by atoms with Crippen LogP contribution in [0.4, 0.5) is 0 Å². The van der Waals surface area contributed by atoms with E-state index in [0.717, 1.165) is 36.1 Å². The highest BCUT2D eigenvalue weighted by atomic mass is 16.5. The average molecular weight is 260 g/mol. The summed E-state index contributed by atoms with van der Waals surface area (Å²) in [6.07, 6.45) is 2.11. The Morgan fingerprint density at radius 2 is 2.37 bits per heavy atom. The minimum atomic E-state index is -0.327. The van der Waals surface area contributed by atoms with Gasteiger partial charge in [0.15, 0.2) is 12.4 Å². The summed E-state index contributed by atoms with van der Waals surface area (Å²) in [5.41, 5.74) is 2.17. The van der Waals surface area contributed by atoms with Gasteiger partial charge in [-0.1, -0.05) is 18.1 Å². The SMILES string of the molecule is CCc1noc(COc2ccc3c(c2)CC[C@@H]3O)n1. The van der Waals surface area contributed by atoms with Crippen molar-refractivity contribution in [2.45, 2.75) is 38.9 Å². The van der Waals surface area contributed by atoms with Gasteiger partial charge in [-0.05, 0) is 36.1 Å². The van der Waals surface area contributed by atoms with Gasteiger partial charge < -0.3 is 14.4 Å². The monoisotopic (exact) mass is 260 g/mol. The number of rotatable bonds is 4. The van der Waals surface area contributed by atoms with Crippen molar-refractivity contribution in [3.63, 3.8) is 0 Å².